The highest BCUT2D eigenvalue weighted by atomic mass is 127. The molecule has 0 aliphatic carbocycles. The fraction of sp³-hybridized carbons (Fsp3) is 0.348. The van der Waals surface area contributed by atoms with Crippen molar-refractivity contribution in [2.45, 2.75) is 40.3 Å². The number of amides is 1. The second kappa shape index (κ2) is 12.3. The summed E-state index contributed by atoms with van der Waals surface area (Å²) in [5.41, 5.74) is 4.05. The van der Waals surface area contributed by atoms with Crippen molar-refractivity contribution >= 4 is 52.6 Å². The van der Waals surface area contributed by atoms with Crippen molar-refractivity contribution in [1.82, 2.24) is 20.2 Å². The standard InChI is InChI=1S/C23H30N6O.HI/c1-4-24-23(26-16-19-9-7-10-20(15-19)28-18(3)30)25-13-8-14-29-17(2)27-21-11-5-6-12-22(21)29;/h5-7,9-12,15H,4,8,13-14,16H2,1-3H3,(H,28,30)(H2,24,25,26);1H. The van der Waals surface area contributed by atoms with Gasteiger partial charge in [-0.05, 0) is 50.1 Å². The third-order valence-electron chi connectivity index (χ3n) is 4.71. The summed E-state index contributed by atoms with van der Waals surface area (Å²) in [5.74, 6) is 1.75. The number of imidazole rings is 1. The molecule has 3 aromatic rings. The lowest BCUT2D eigenvalue weighted by Gasteiger charge is -2.12. The average molecular weight is 534 g/mol. The molecule has 0 fully saturated rings. The number of guanidine groups is 1. The molecule has 0 saturated carbocycles. The molecule has 1 heterocycles. The number of anilines is 1. The minimum Gasteiger partial charge on any atom is -0.357 e. The fourth-order valence-electron chi connectivity index (χ4n) is 3.38. The lowest BCUT2D eigenvalue weighted by molar-refractivity contribution is -0.114. The second-order valence-corrected chi connectivity index (χ2v) is 7.16. The number of carbonyl (C=O) groups excluding carboxylic acids is 1. The Kier molecular flexibility index (Phi) is 9.77. The first-order valence-electron chi connectivity index (χ1n) is 10.4. The summed E-state index contributed by atoms with van der Waals surface area (Å²) in [7, 11) is 0. The van der Waals surface area contributed by atoms with E-state index in [-0.39, 0.29) is 29.9 Å². The lowest BCUT2D eigenvalue weighted by atomic mass is 10.2. The number of fused-ring (bicyclic) bond motifs is 1. The number of nitrogens with one attached hydrogen (secondary N) is 3. The number of rotatable bonds is 8. The molecule has 1 aromatic heterocycles. The van der Waals surface area contributed by atoms with Crippen LogP contribution in [0.1, 0.15) is 31.7 Å². The van der Waals surface area contributed by atoms with Crippen LogP contribution in [-0.4, -0.2) is 34.5 Å². The molecule has 3 N–H and O–H groups in total. The van der Waals surface area contributed by atoms with Gasteiger partial charge in [-0.3, -0.25) is 4.79 Å². The average Bonchev–Trinajstić information content (AvgIpc) is 3.04. The molecule has 3 rings (SSSR count). The first-order chi connectivity index (χ1) is 14.6. The van der Waals surface area contributed by atoms with E-state index in [2.05, 4.69) is 49.6 Å². The van der Waals surface area contributed by atoms with Crippen molar-refractivity contribution in [2.24, 2.45) is 4.99 Å². The molecule has 0 radical (unpaired) electrons. The van der Waals surface area contributed by atoms with Crippen molar-refractivity contribution in [3.05, 3.63) is 59.9 Å². The van der Waals surface area contributed by atoms with E-state index in [0.717, 1.165) is 54.6 Å². The molecule has 0 bridgehead atoms. The Morgan fingerprint density at radius 2 is 1.94 bits per heavy atom. The van der Waals surface area contributed by atoms with Crippen LogP contribution in [0.3, 0.4) is 0 Å². The van der Waals surface area contributed by atoms with Crippen LogP contribution < -0.4 is 16.0 Å². The van der Waals surface area contributed by atoms with Gasteiger partial charge < -0.3 is 20.5 Å². The third-order valence-corrected chi connectivity index (χ3v) is 4.71. The summed E-state index contributed by atoms with van der Waals surface area (Å²) in [4.78, 5) is 20.5. The van der Waals surface area contributed by atoms with E-state index in [1.165, 1.54) is 12.4 Å². The highest BCUT2D eigenvalue weighted by molar-refractivity contribution is 14.0. The smallest absolute Gasteiger partial charge is 0.221 e. The molecular formula is C23H31IN6O. The number of nitrogens with zero attached hydrogens (tertiary/aromatic N) is 3. The van der Waals surface area contributed by atoms with Crippen molar-refractivity contribution < 1.29 is 4.79 Å². The summed E-state index contributed by atoms with van der Waals surface area (Å²) in [6.45, 7) is 8.65. The molecular weight excluding hydrogens is 503 g/mol. The number of hydrogen-bond acceptors (Lipinski definition) is 3. The van der Waals surface area contributed by atoms with Gasteiger partial charge >= 0.3 is 0 Å². The summed E-state index contributed by atoms with van der Waals surface area (Å²) in [6, 6.07) is 16.0. The molecule has 0 atom stereocenters. The number of para-hydroxylation sites is 2. The lowest BCUT2D eigenvalue weighted by Crippen LogP contribution is -2.38. The maximum atomic E-state index is 11.2. The fourth-order valence-corrected chi connectivity index (χ4v) is 3.38. The maximum Gasteiger partial charge on any atom is 0.221 e. The number of benzene rings is 2. The molecule has 0 aliphatic rings. The Morgan fingerprint density at radius 3 is 2.71 bits per heavy atom. The van der Waals surface area contributed by atoms with E-state index in [4.69, 9.17) is 0 Å². The summed E-state index contributed by atoms with van der Waals surface area (Å²) in [5, 5.41) is 9.49. The minimum atomic E-state index is -0.0773. The predicted octanol–water partition coefficient (Wildman–Crippen LogP) is 4.07. The van der Waals surface area contributed by atoms with Gasteiger partial charge in [-0.25, -0.2) is 9.98 Å². The van der Waals surface area contributed by atoms with Gasteiger partial charge in [0, 0.05) is 32.2 Å². The molecule has 31 heavy (non-hydrogen) atoms. The largest absolute Gasteiger partial charge is 0.357 e. The molecule has 0 saturated heterocycles. The predicted molar refractivity (Wildman–Crippen MR) is 138 cm³/mol. The van der Waals surface area contributed by atoms with Gasteiger partial charge in [0.05, 0.1) is 17.6 Å². The van der Waals surface area contributed by atoms with Crippen molar-refractivity contribution in [1.29, 1.82) is 0 Å². The number of hydrogen-bond donors (Lipinski definition) is 3. The number of aryl methyl sites for hydroxylation is 2. The normalized spacial score (nSPS) is 11.1. The van der Waals surface area contributed by atoms with E-state index in [1.54, 1.807) is 0 Å². The molecule has 166 valence electrons. The quantitative estimate of drug-likeness (QED) is 0.176. The van der Waals surface area contributed by atoms with Gasteiger partial charge in [0.1, 0.15) is 5.82 Å². The highest BCUT2D eigenvalue weighted by Crippen LogP contribution is 2.15. The van der Waals surface area contributed by atoms with Crippen molar-refractivity contribution in [3.8, 4) is 0 Å². The van der Waals surface area contributed by atoms with E-state index < -0.39 is 0 Å². The molecule has 8 heteroatoms. The second-order valence-electron chi connectivity index (χ2n) is 7.16. The van der Waals surface area contributed by atoms with Crippen molar-refractivity contribution in [2.75, 3.05) is 18.4 Å². The molecule has 2 aromatic carbocycles. The van der Waals surface area contributed by atoms with Gasteiger partial charge in [0.2, 0.25) is 5.91 Å². The molecule has 1 amide bonds. The van der Waals surface area contributed by atoms with Crippen LogP contribution in [0.15, 0.2) is 53.5 Å². The summed E-state index contributed by atoms with van der Waals surface area (Å²) >= 11 is 0. The Bertz CT molecular complexity index is 1030. The Morgan fingerprint density at radius 1 is 1.13 bits per heavy atom. The molecule has 0 aliphatic heterocycles. The van der Waals surface area contributed by atoms with Gasteiger partial charge in [-0.15, -0.1) is 24.0 Å². The topological polar surface area (TPSA) is 83.3 Å². The van der Waals surface area contributed by atoms with Crippen LogP contribution >= 0.6 is 24.0 Å². The number of halogens is 1. The molecule has 0 spiro atoms. The van der Waals surface area contributed by atoms with E-state index in [9.17, 15) is 4.79 Å². The maximum absolute atomic E-state index is 11.2. The van der Waals surface area contributed by atoms with Crippen molar-refractivity contribution in [3.63, 3.8) is 0 Å². The van der Waals surface area contributed by atoms with Gasteiger partial charge in [0.15, 0.2) is 5.96 Å². The Labute approximate surface area is 200 Å². The summed E-state index contributed by atoms with van der Waals surface area (Å²) < 4.78 is 2.26. The number of carbonyl (C=O) groups is 1. The van der Waals surface area contributed by atoms with Crippen LogP contribution in [0.4, 0.5) is 5.69 Å². The molecule has 7 nitrogen and oxygen atoms in total. The van der Waals surface area contributed by atoms with E-state index in [1.807, 2.05) is 43.3 Å². The first-order valence-corrected chi connectivity index (χ1v) is 10.4. The van der Waals surface area contributed by atoms with Gasteiger partial charge in [-0.1, -0.05) is 24.3 Å². The Hall–Kier alpha value is -2.62. The monoisotopic (exact) mass is 534 g/mol. The number of aromatic nitrogens is 2. The van der Waals surface area contributed by atoms with Crippen LogP contribution in [0, 0.1) is 6.92 Å². The zero-order chi connectivity index (χ0) is 21.3. The van der Waals surface area contributed by atoms with Crippen LogP contribution in [0.25, 0.3) is 11.0 Å². The zero-order valence-electron chi connectivity index (χ0n) is 18.3. The molecule has 0 unspecified atom stereocenters. The first kappa shape index (κ1) is 24.6. The highest BCUT2D eigenvalue weighted by Gasteiger charge is 2.06. The van der Waals surface area contributed by atoms with Crippen LogP contribution in [0.5, 0.6) is 0 Å². The van der Waals surface area contributed by atoms with E-state index in [0.29, 0.717) is 6.54 Å². The van der Waals surface area contributed by atoms with Crippen LogP contribution in [0.2, 0.25) is 0 Å². The third kappa shape index (κ3) is 7.23. The van der Waals surface area contributed by atoms with Gasteiger partial charge in [0.25, 0.3) is 0 Å². The zero-order valence-corrected chi connectivity index (χ0v) is 20.6. The van der Waals surface area contributed by atoms with Crippen LogP contribution in [-0.2, 0) is 17.9 Å². The van der Waals surface area contributed by atoms with E-state index >= 15 is 0 Å². The summed E-state index contributed by atoms with van der Waals surface area (Å²) in [6.07, 6.45) is 0.962. The van der Waals surface area contributed by atoms with Gasteiger partial charge in [-0.2, -0.15) is 0 Å². The Balaban J connectivity index is 0.00000341. The minimum absolute atomic E-state index is 0. The number of aliphatic imine (C=N–C) groups is 1. The SMILES string of the molecule is CCNC(=NCc1cccc(NC(C)=O)c1)NCCCn1c(C)nc2ccccc21.I.